The van der Waals surface area contributed by atoms with Crippen LogP contribution in [0.3, 0.4) is 0 Å². The SMILES string of the molecule is CC(NC1CC(O)C1(C)C)c1nnc2ccccn12. The Labute approximate surface area is 112 Å². The summed E-state index contributed by atoms with van der Waals surface area (Å²) in [6.07, 6.45) is 2.56. The van der Waals surface area contributed by atoms with Crippen molar-refractivity contribution in [2.75, 3.05) is 0 Å². The molecule has 0 aromatic carbocycles. The highest BCUT2D eigenvalue weighted by atomic mass is 16.3. The van der Waals surface area contributed by atoms with Crippen LogP contribution in [-0.4, -0.2) is 31.9 Å². The van der Waals surface area contributed by atoms with E-state index in [1.54, 1.807) is 0 Å². The number of aliphatic hydroxyl groups is 1. The van der Waals surface area contributed by atoms with E-state index in [9.17, 15) is 5.11 Å². The maximum atomic E-state index is 9.79. The second-order valence-electron chi connectivity index (χ2n) is 6.00. The molecular weight excluding hydrogens is 240 g/mol. The summed E-state index contributed by atoms with van der Waals surface area (Å²) in [4.78, 5) is 0. The molecule has 5 heteroatoms. The van der Waals surface area contributed by atoms with Crippen LogP contribution in [0.2, 0.25) is 0 Å². The summed E-state index contributed by atoms with van der Waals surface area (Å²) in [6.45, 7) is 6.27. The maximum Gasteiger partial charge on any atom is 0.160 e. The van der Waals surface area contributed by atoms with Gasteiger partial charge in [0, 0.05) is 17.7 Å². The van der Waals surface area contributed by atoms with Gasteiger partial charge in [-0.3, -0.25) is 4.40 Å². The molecule has 3 unspecified atom stereocenters. The number of fused-ring (bicyclic) bond motifs is 1. The van der Waals surface area contributed by atoms with Crippen LogP contribution in [0.15, 0.2) is 24.4 Å². The normalized spacial score (nSPS) is 27.2. The second kappa shape index (κ2) is 4.28. The lowest BCUT2D eigenvalue weighted by atomic mass is 9.64. The third kappa shape index (κ3) is 1.93. The van der Waals surface area contributed by atoms with Gasteiger partial charge in [0.25, 0.3) is 0 Å². The first-order chi connectivity index (χ1) is 9.00. The molecule has 1 fully saturated rings. The van der Waals surface area contributed by atoms with Crippen LogP contribution in [0, 0.1) is 5.41 Å². The highest BCUT2D eigenvalue weighted by Gasteiger charge is 2.47. The largest absolute Gasteiger partial charge is 0.392 e. The topological polar surface area (TPSA) is 62.5 Å². The molecule has 0 aliphatic heterocycles. The van der Waals surface area contributed by atoms with Gasteiger partial charge in [0.2, 0.25) is 0 Å². The van der Waals surface area contributed by atoms with E-state index in [4.69, 9.17) is 0 Å². The fraction of sp³-hybridized carbons (Fsp3) is 0.571. The average molecular weight is 260 g/mol. The minimum atomic E-state index is -0.215. The molecule has 2 N–H and O–H groups in total. The molecule has 1 aliphatic rings. The average Bonchev–Trinajstić information content (AvgIpc) is 2.82. The Balaban J connectivity index is 1.80. The molecule has 0 radical (unpaired) electrons. The molecule has 5 nitrogen and oxygen atoms in total. The molecule has 0 saturated heterocycles. The Morgan fingerprint density at radius 3 is 2.89 bits per heavy atom. The summed E-state index contributed by atoms with van der Waals surface area (Å²) >= 11 is 0. The summed E-state index contributed by atoms with van der Waals surface area (Å²) in [5, 5.41) is 21.8. The Bertz CT molecular complexity index is 592. The zero-order valence-corrected chi connectivity index (χ0v) is 11.5. The van der Waals surface area contributed by atoms with Gasteiger partial charge < -0.3 is 10.4 Å². The Kier molecular flexibility index (Phi) is 2.83. The van der Waals surface area contributed by atoms with Crippen molar-refractivity contribution < 1.29 is 5.11 Å². The van der Waals surface area contributed by atoms with Crippen LogP contribution in [0.5, 0.6) is 0 Å². The number of hydrogen-bond acceptors (Lipinski definition) is 4. The van der Waals surface area contributed by atoms with E-state index in [0.717, 1.165) is 17.9 Å². The van der Waals surface area contributed by atoms with Crippen molar-refractivity contribution in [3.63, 3.8) is 0 Å². The van der Waals surface area contributed by atoms with Gasteiger partial charge in [-0.25, -0.2) is 0 Å². The van der Waals surface area contributed by atoms with Crippen molar-refractivity contribution in [1.82, 2.24) is 19.9 Å². The van der Waals surface area contributed by atoms with Gasteiger partial charge in [-0.05, 0) is 25.5 Å². The monoisotopic (exact) mass is 260 g/mol. The number of aromatic nitrogens is 3. The first-order valence-electron chi connectivity index (χ1n) is 6.74. The van der Waals surface area contributed by atoms with Crippen LogP contribution in [0.4, 0.5) is 0 Å². The number of hydrogen-bond donors (Lipinski definition) is 2. The fourth-order valence-electron chi connectivity index (χ4n) is 2.72. The summed E-state index contributed by atoms with van der Waals surface area (Å²) < 4.78 is 2.00. The summed E-state index contributed by atoms with van der Waals surface area (Å²) in [7, 11) is 0. The van der Waals surface area contributed by atoms with Crippen molar-refractivity contribution in [3.05, 3.63) is 30.2 Å². The number of nitrogens with zero attached hydrogens (tertiary/aromatic N) is 3. The van der Waals surface area contributed by atoms with Gasteiger partial charge in [-0.1, -0.05) is 19.9 Å². The minimum absolute atomic E-state index is 0.0747. The van der Waals surface area contributed by atoms with Gasteiger partial charge in [0.15, 0.2) is 11.5 Å². The molecule has 1 saturated carbocycles. The Hall–Kier alpha value is -1.46. The highest BCUT2D eigenvalue weighted by molar-refractivity contribution is 5.37. The standard InChI is InChI=1S/C14H20N4O/c1-9(15-10-8-11(19)14(10,2)3)13-17-16-12-6-4-5-7-18(12)13/h4-7,9-11,15,19H,8H2,1-3H3. The predicted octanol–water partition coefficient (Wildman–Crippen LogP) is 1.54. The Morgan fingerprint density at radius 1 is 1.42 bits per heavy atom. The minimum Gasteiger partial charge on any atom is -0.392 e. The quantitative estimate of drug-likeness (QED) is 0.878. The number of rotatable bonds is 3. The van der Waals surface area contributed by atoms with E-state index in [0.29, 0.717) is 6.04 Å². The van der Waals surface area contributed by atoms with Gasteiger partial charge in [0.05, 0.1) is 12.1 Å². The van der Waals surface area contributed by atoms with E-state index in [2.05, 4.69) is 36.3 Å². The fourth-order valence-corrected chi connectivity index (χ4v) is 2.72. The van der Waals surface area contributed by atoms with Crippen LogP contribution in [0.25, 0.3) is 5.65 Å². The molecule has 2 aromatic rings. The molecule has 0 amide bonds. The van der Waals surface area contributed by atoms with Crippen LogP contribution < -0.4 is 5.32 Å². The molecule has 3 rings (SSSR count). The number of aliphatic hydroxyl groups excluding tert-OH is 1. The zero-order valence-electron chi connectivity index (χ0n) is 11.5. The molecule has 1 aliphatic carbocycles. The molecule has 2 aromatic heterocycles. The van der Waals surface area contributed by atoms with Gasteiger partial charge in [0.1, 0.15) is 0 Å². The highest BCUT2D eigenvalue weighted by Crippen LogP contribution is 2.41. The van der Waals surface area contributed by atoms with Crippen LogP contribution in [0.1, 0.15) is 39.1 Å². The van der Waals surface area contributed by atoms with E-state index in [-0.39, 0.29) is 17.6 Å². The van der Waals surface area contributed by atoms with E-state index in [1.165, 1.54) is 0 Å². The number of nitrogens with one attached hydrogen (secondary N) is 1. The lowest BCUT2D eigenvalue weighted by Crippen LogP contribution is -2.60. The first-order valence-corrected chi connectivity index (χ1v) is 6.74. The summed E-state index contributed by atoms with van der Waals surface area (Å²) in [5.74, 6) is 0.910. The first kappa shape index (κ1) is 12.6. The van der Waals surface area contributed by atoms with E-state index < -0.39 is 0 Å². The molecule has 0 bridgehead atoms. The van der Waals surface area contributed by atoms with E-state index >= 15 is 0 Å². The van der Waals surface area contributed by atoms with Crippen molar-refractivity contribution in [1.29, 1.82) is 0 Å². The molecule has 3 atom stereocenters. The van der Waals surface area contributed by atoms with Crippen molar-refractivity contribution >= 4 is 5.65 Å². The lowest BCUT2D eigenvalue weighted by Gasteiger charge is -2.50. The van der Waals surface area contributed by atoms with Gasteiger partial charge >= 0.3 is 0 Å². The molecule has 0 spiro atoms. The predicted molar refractivity (Wildman–Crippen MR) is 72.7 cm³/mol. The van der Waals surface area contributed by atoms with Crippen molar-refractivity contribution in [2.24, 2.45) is 5.41 Å². The maximum absolute atomic E-state index is 9.79. The van der Waals surface area contributed by atoms with Crippen molar-refractivity contribution in [3.8, 4) is 0 Å². The van der Waals surface area contributed by atoms with Gasteiger partial charge in [-0.2, -0.15) is 0 Å². The van der Waals surface area contributed by atoms with E-state index in [1.807, 2.05) is 28.8 Å². The van der Waals surface area contributed by atoms with Crippen LogP contribution >= 0.6 is 0 Å². The summed E-state index contributed by atoms with van der Waals surface area (Å²) in [6, 6.07) is 6.30. The molecule has 102 valence electrons. The number of pyridine rings is 1. The summed E-state index contributed by atoms with van der Waals surface area (Å²) in [5.41, 5.74) is 0.786. The Morgan fingerprint density at radius 2 is 2.21 bits per heavy atom. The lowest BCUT2D eigenvalue weighted by molar-refractivity contribution is -0.0757. The molecular formula is C14H20N4O. The second-order valence-corrected chi connectivity index (χ2v) is 6.00. The molecule has 2 heterocycles. The van der Waals surface area contributed by atoms with Gasteiger partial charge in [-0.15, -0.1) is 10.2 Å². The van der Waals surface area contributed by atoms with Crippen molar-refractivity contribution in [2.45, 2.75) is 45.4 Å². The van der Waals surface area contributed by atoms with Crippen LogP contribution in [-0.2, 0) is 0 Å². The third-order valence-electron chi connectivity index (χ3n) is 4.39. The zero-order chi connectivity index (χ0) is 13.6. The third-order valence-corrected chi connectivity index (χ3v) is 4.39. The smallest absolute Gasteiger partial charge is 0.160 e. The molecule has 19 heavy (non-hydrogen) atoms.